The van der Waals surface area contributed by atoms with Crippen LogP contribution in [0.1, 0.15) is 56.3 Å². The van der Waals surface area contributed by atoms with Gasteiger partial charge in [-0.25, -0.2) is 4.79 Å². The van der Waals surface area contributed by atoms with Crippen molar-refractivity contribution in [2.45, 2.75) is 58.1 Å². The summed E-state index contributed by atoms with van der Waals surface area (Å²) in [7, 11) is 2.14. The van der Waals surface area contributed by atoms with Crippen molar-refractivity contribution in [2.24, 2.45) is 11.8 Å². The van der Waals surface area contributed by atoms with Crippen molar-refractivity contribution in [2.75, 3.05) is 43.9 Å². The molecule has 2 aliphatic rings. The molecule has 2 aromatic carbocycles. The Kier molecular flexibility index (Phi) is 9.63. The lowest BCUT2D eigenvalue weighted by Crippen LogP contribution is -2.50. The summed E-state index contributed by atoms with van der Waals surface area (Å²) in [5.74, 6) is 0.880. The van der Waals surface area contributed by atoms with Crippen molar-refractivity contribution in [1.82, 2.24) is 9.80 Å². The van der Waals surface area contributed by atoms with Gasteiger partial charge in [0, 0.05) is 31.2 Å². The second-order valence-corrected chi connectivity index (χ2v) is 11.0. The maximum Gasteiger partial charge on any atom is 0.323 e. The van der Waals surface area contributed by atoms with Gasteiger partial charge in [-0.2, -0.15) is 0 Å². The lowest BCUT2D eigenvalue weighted by Gasteiger charge is -2.39. The van der Waals surface area contributed by atoms with Crippen molar-refractivity contribution in [3.63, 3.8) is 0 Å². The highest BCUT2D eigenvalue weighted by Gasteiger charge is 2.35. The van der Waals surface area contributed by atoms with E-state index in [1.165, 1.54) is 32.1 Å². The van der Waals surface area contributed by atoms with Gasteiger partial charge >= 0.3 is 6.03 Å². The summed E-state index contributed by atoms with van der Waals surface area (Å²) in [6, 6.07) is 13.7. The van der Waals surface area contributed by atoms with E-state index in [0.29, 0.717) is 41.7 Å². The van der Waals surface area contributed by atoms with E-state index in [4.69, 9.17) is 4.74 Å². The predicted octanol–water partition coefficient (Wildman–Crippen LogP) is 5.06. The summed E-state index contributed by atoms with van der Waals surface area (Å²) in [4.78, 5) is 30.6. The quantitative estimate of drug-likeness (QED) is 0.450. The van der Waals surface area contributed by atoms with Gasteiger partial charge in [-0.1, -0.05) is 50.5 Å². The minimum Gasteiger partial charge on any atom is -0.486 e. The number of urea groups is 1. The highest BCUT2D eigenvalue weighted by molar-refractivity contribution is 6.04. The zero-order valence-electron chi connectivity index (χ0n) is 22.9. The van der Waals surface area contributed by atoms with E-state index >= 15 is 0 Å². The number of nitrogens with one attached hydrogen (secondary N) is 2. The Morgan fingerprint density at radius 2 is 1.82 bits per heavy atom. The number of rotatable bonds is 8. The number of anilines is 2. The molecular formula is C30H42N4O4. The number of hydrogen-bond acceptors (Lipinski definition) is 5. The van der Waals surface area contributed by atoms with E-state index < -0.39 is 6.03 Å². The average Bonchev–Trinajstić information content (AvgIpc) is 2.91. The van der Waals surface area contributed by atoms with Gasteiger partial charge in [-0.05, 0) is 57.0 Å². The van der Waals surface area contributed by atoms with Crippen LogP contribution in [0.4, 0.5) is 16.2 Å². The van der Waals surface area contributed by atoms with E-state index in [1.54, 1.807) is 23.1 Å². The molecule has 8 nitrogen and oxygen atoms in total. The van der Waals surface area contributed by atoms with Crippen molar-refractivity contribution in [3.8, 4) is 5.75 Å². The molecule has 2 aromatic rings. The first-order chi connectivity index (χ1) is 18.4. The minimum atomic E-state index is -0.415. The van der Waals surface area contributed by atoms with Crippen LogP contribution in [-0.4, -0.2) is 72.3 Å². The summed E-state index contributed by atoms with van der Waals surface area (Å²) in [6.45, 7) is 6.02. The SMILES string of the molecule is C[C@H]1CN([C@@H](C)CO)C(=O)c2cccc(NC(=O)Nc3ccccc3)c2O[C@H]1CN(C)CC1CCCCC1. The number of benzene rings is 2. The summed E-state index contributed by atoms with van der Waals surface area (Å²) < 4.78 is 6.63. The molecule has 0 spiro atoms. The summed E-state index contributed by atoms with van der Waals surface area (Å²) in [6.07, 6.45) is 6.28. The fourth-order valence-corrected chi connectivity index (χ4v) is 5.56. The van der Waals surface area contributed by atoms with Crippen LogP contribution in [0, 0.1) is 11.8 Å². The third-order valence-corrected chi connectivity index (χ3v) is 7.76. The molecule has 206 valence electrons. The topological polar surface area (TPSA) is 94.1 Å². The van der Waals surface area contributed by atoms with E-state index in [-0.39, 0.29) is 30.6 Å². The number of amides is 3. The maximum absolute atomic E-state index is 13.7. The minimum absolute atomic E-state index is 0.0149. The van der Waals surface area contributed by atoms with Gasteiger partial charge in [-0.15, -0.1) is 0 Å². The van der Waals surface area contributed by atoms with Crippen LogP contribution >= 0.6 is 0 Å². The summed E-state index contributed by atoms with van der Waals surface area (Å²) >= 11 is 0. The molecule has 0 unspecified atom stereocenters. The van der Waals surface area contributed by atoms with Gasteiger partial charge in [0.2, 0.25) is 0 Å². The first-order valence-corrected chi connectivity index (χ1v) is 13.9. The first kappa shape index (κ1) is 27.9. The van der Waals surface area contributed by atoms with E-state index in [2.05, 4.69) is 29.5 Å². The van der Waals surface area contributed by atoms with Gasteiger partial charge < -0.3 is 30.3 Å². The summed E-state index contributed by atoms with van der Waals surface area (Å²) in [5, 5.41) is 15.6. The number of aliphatic hydroxyl groups excluding tert-OH is 1. The van der Waals surface area contributed by atoms with Gasteiger partial charge in [0.25, 0.3) is 5.91 Å². The van der Waals surface area contributed by atoms with Gasteiger partial charge in [0.15, 0.2) is 5.75 Å². The van der Waals surface area contributed by atoms with Crippen LogP contribution in [0.5, 0.6) is 5.75 Å². The zero-order valence-corrected chi connectivity index (χ0v) is 22.9. The molecule has 4 rings (SSSR count). The van der Waals surface area contributed by atoms with Gasteiger partial charge in [0.1, 0.15) is 6.10 Å². The molecule has 0 radical (unpaired) electrons. The van der Waals surface area contributed by atoms with Crippen molar-refractivity contribution < 1.29 is 19.4 Å². The Bertz CT molecular complexity index is 1070. The van der Waals surface area contributed by atoms with Crippen molar-refractivity contribution >= 4 is 23.3 Å². The maximum atomic E-state index is 13.7. The second kappa shape index (κ2) is 13.1. The molecular weight excluding hydrogens is 480 g/mol. The van der Waals surface area contributed by atoms with Crippen LogP contribution in [0.3, 0.4) is 0 Å². The molecule has 1 aliphatic heterocycles. The fraction of sp³-hybridized carbons (Fsp3) is 0.533. The monoisotopic (exact) mass is 522 g/mol. The Labute approximate surface area is 226 Å². The Hall–Kier alpha value is -3.10. The zero-order chi connectivity index (χ0) is 27.1. The Morgan fingerprint density at radius 3 is 2.53 bits per heavy atom. The molecule has 0 saturated heterocycles. The van der Waals surface area contributed by atoms with E-state index in [0.717, 1.165) is 6.54 Å². The molecule has 1 fully saturated rings. The molecule has 0 aromatic heterocycles. The lowest BCUT2D eigenvalue weighted by atomic mass is 9.89. The number of para-hydroxylation sites is 2. The molecule has 38 heavy (non-hydrogen) atoms. The molecule has 1 saturated carbocycles. The number of nitrogens with zero attached hydrogens (tertiary/aromatic N) is 2. The average molecular weight is 523 g/mol. The van der Waals surface area contributed by atoms with Gasteiger partial charge in [-0.3, -0.25) is 4.79 Å². The number of carbonyl (C=O) groups excluding carboxylic acids is 2. The number of carbonyl (C=O) groups is 2. The normalized spacial score (nSPS) is 21.2. The molecule has 1 aliphatic carbocycles. The molecule has 3 amide bonds. The number of hydrogen-bond donors (Lipinski definition) is 3. The fourth-order valence-electron chi connectivity index (χ4n) is 5.56. The standard InChI is InChI=1S/C30H42N4O4/c1-21-17-34(22(2)20-35)29(36)25-15-10-16-26(32-30(37)31-24-13-8-5-9-14-24)28(25)38-27(21)19-33(3)18-23-11-6-4-7-12-23/h5,8-10,13-16,21-23,27,35H,4,6-7,11-12,17-20H2,1-3H3,(H2,31,32,37)/t21-,22-,27-/m0/s1. The van der Waals surface area contributed by atoms with Crippen LogP contribution in [0.2, 0.25) is 0 Å². The molecule has 3 atom stereocenters. The van der Waals surface area contributed by atoms with Crippen LogP contribution < -0.4 is 15.4 Å². The molecule has 8 heteroatoms. The molecule has 0 bridgehead atoms. The highest BCUT2D eigenvalue weighted by Crippen LogP contribution is 2.35. The third-order valence-electron chi connectivity index (χ3n) is 7.76. The molecule has 1 heterocycles. The van der Waals surface area contributed by atoms with Gasteiger partial charge in [0.05, 0.1) is 23.9 Å². The first-order valence-electron chi connectivity index (χ1n) is 13.9. The second-order valence-electron chi connectivity index (χ2n) is 11.0. The van der Waals surface area contributed by atoms with Crippen LogP contribution in [0.25, 0.3) is 0 Å². The van der Waals surface area contributed by atoms with E-state index in [9.17, 15) is 14.7 Å². The highest BCUT2D eigenvalue weighted by atomic mass is 16.5. The lowest BCUT2D eigenvalue weighted by molar-refractivity contribution is 0.0333. The van der Waals surface area contributed by atoms with Crippen molar-refractivity contribution in [3.05, 3.63) is 54.1 Å². The Morgan fingerprint density at radius 1 is 1.08 bits per heavy atom. The predicted molar refractivity (Wildman–Crippen MR) is 151 cm³/mol. The molecule has 3 N–H and O–H groups in total. The number of aliphatic hydroxyl groups is 1. The largest absolute Gasteiger partial charge is 0.486 e. The van der Waals surface area contributed by atoms with Crippen LogP contribution in [-0.2, 0) is 0 Å². The van der Waals surface area contributed by atoms with Crippen molar-refractivity contribution in [1.29, 1.82) is 0 Å². The number of fused-ring (bicyclic) bond motifs is 1. The third kappa shape index (κ3) is 7.05. The Balaban J connectivity index is 1.60. The number of likely N-dealkylation sites (N-methyl/N-ethyl adjacent to an activating group) is 1. The number of ether oxygens (including phenoxy) is 1. The van der Waals surface area contributed by atoms with Crippen LogP contribution in [0.15, 0.2) is 48.5 Å². The summed E-state index contributed by atoms with van der Waals surface area (Å²) in [5.41, 5.74) is 1.49. The van der Waals surface area contributed by atoms with E-state index in [1.807, 2.05) is 37.3 Å². The smallest absolute Gasteiger partial charge is 0.323 e.